The van der Waals surface area contributed by atoms with Gasteiger partial charge in [-0.2, -0.15) is 0 Å². The number of fused-ring (bicyclic) bond motifs is 1. The Morgan fingerprint density at radius 1 is 1.05 bits per heavy atom. The largest absolute Gasteiger partial charge is 0.490 e. The van der Waals surface area contributed by atoms with Gasteiger partial charge in [0.1, 0.15) is 17.5 Å². The molecule has 39 heavy (non-hydrogen) atoms. The molecule has 2 bridgehead atoms. The van der Waals surface area contributed by atoms with E-state index >= 15 is 4.79 Å². The number of Topliss-reactive ketones (excluding diaryl/α,β-unsaturated/α-hetero) is 3. The van der Waals surface area contributed by atoms with Crippen LogP contribution >= 0.6 is 0 Å². The van der Waals surface area contributed by atoms with Crippen molar-refractivity contribution < 1.29 is 29.3 Å². The van der Waals surface area contributed by atoms with Gasteiger partial charge in [-0.3, -0.25) is 19.6 Å². The van der Waals surface area contributed by atoms with E-state index in [1.54, 1.807) is 38.1 Å². The summed E-state index contributed by atoms with van der Waals surface area (Å²) in [5.74, 6) is -1.07. The van der Waals surface area contributed by atoms with E-state index < -0.39 is 39.5 Å². The number of hydrogen-bond acceptors (Lipinski definition) is 6. The SMILES string of the molecule is CC(C)=CCC1=C2O[C@@H](C(C)(C)OO)C[C@]23C[C@@H](CC=C(C)C)C(C)(C)[C@](C(=O)c2ccccc2)(C1=O)C3=O. The predicted molar refractivity (Wildman–Crippen MR) is 150 cm³/mol. The average Bonchev–Trinajstić information content (AvgIpc) is 3.27. The maximum absolute atomic E-state index is 15.0. The zero-order valence-electron chi connectivity index (χ0n) is 24.5. The van der Waals surface area contributed by atoms with Crippen LogP contribution in [0.2, 0.25) is 0 Å². The molecule has 0 radical (unpaired) electrons. The molecular weight excluding hydrogens is 492 g/mol. The van der Waals surface area contributed by atoms with Crippen LogP contribution < -0.4 is 0 Å². The van der Waals surface area contributed by atoms with Gasteiger partial charge in [-0.05, 0) is 72.1 Å². The van der Waals surface area contributed by atoms with Crippen molar-refractivity contribution in [2.45, 2.75) is 92.8 Å². The third kappa shape index (κ3) is 4.27. The first-order valence-electron chi connectivity index (χ1n) is 13.9. The molecule has 1 spiro atoms. The Hall–Kier alpha value is -2.83. The molecule has 210 valence electrons. The number of allylic oxidation sites excluding steroid dienone is 6. The smallest absolute Gasteiger partial charge is 0.184 e. The lowest BCUT2D eigenvalue weighted by Crippen LogP contribution is -2.69. The number of hydrogen-bond donors (Lipinski definition) is 1. The van der Waals surface area contributed by atoms with Gasteiger partial charge in [0.25, 0.3) is 0 Å². The molecule has 0 aromatic heterocycles. The molecule has 0 unspecified atom stereocenters. The molecule has 1 aliphatic heterocycles. The lowest BCUT2D eigenvalue weighted by molar-refractivity contribution is -0.332. The second kappa shape index (κ2) is 9.97. The minimum Gasteiger partial charge on any atom is -0.490 e. The van der Waals surface area contributed by atoms with E-state index in [9.17, 15) is 14.8 Å². The normalized spacial score (nSPS) is 29.5. The Morgan fingerprint density at radius 2 is 1.67 bits per heavy atom. The summed E-state index contributed by atoms with van der Waals surface area (Å²) in [7, 11) is 0. The first-order chi connectivity index (χ1) is 18.2. The summed E-state index contributed by atoms with van der Waals surface area (Å²) >= 11 is 0. The minimum atomic E-state index is -1.90. The summed E-state index contributed by atoms with van der Waals surface area (Å²) < 4.78 is 6.45. The molecule has 6 heteroatoms. The first kappa shape index (κ1) is 29.2. The maximum atomic E-state index is 15.0. The Bertz CT molecular complexity index is 1270. The Kier molecular flexibility index (Phi) is 7.46. The molecule has 2 fully saturated rings. The quantitative estimate of drug-likeness (QED) is 0.126. The van der Waals surface area contributed by atoms with Crippen LogP contribution in [0.5, 0.6) is 0 Å². The number of carbonyl (C=O) groups is 3. The van der Waals surface area contributed by atoms with Gasteiger partial charge in [0.15, 0.2) is 22.8 Å². The maximum Gasteiger partial charge on any atom is 0.184 e. The first-order valence-corrected chi connectivity index (χ1v) is 13.9. The second-order valence-corrected chi connectivity index (χ2v) is 13.1. The highest BCUT2D eigenvalue weighted by Crippen LogP contribution is 2.69. The lowest BCUT2D eigenvalue weighted by Gasteiger charge is -2.58. The lowest BCUT2D eigenvalue weighted by atomic mass is 9.39. The second-order valence-electron chi connectivity index (χ2n) is 13.1. The van der Waals surface area contributed by atoms with Crippen molar-refractivity contribution in [1.29, 1.82) is 0 Å². The van der Waals surface area contributed by atoms with Gasteiger partial charge in [-0.25, -0.2) is 4.89 Å². The molecule has 4 atom stereocenters. The average molecular weight is 535 g/mol. The summed E-state index contributed by atoms with van der Waals surface area (Å²) in [6.07, 6.45) is 4.96. The fraction of sp³-hybridized carbons (Fsp3) is 0.545. The van der Waals surface area contributed by atoms with E-state index in [0.29, 0.717) is 29.7 Å². The summed E-state index contributed by atoms with van der Waals surface area (Å²) in [5, 5.41) is 9.72. The van der Waals surface area contributed by atoms with Gasteiger partial charge in [0.2, 0.25) is 0 Å². The summed E-state index contributed by atoms with van der Waals surface area (Å²) in [5.41, 5.74) is -2.27. The zero-order valence-corrected chi connectivity index (χ0v) is 24.5. The fourth-order valence-electron chi connectivity index (χ4n) is 6.89. The highest BCUT2D eigenvalue weighted by molar-refractivity contribution is 6.36. The van der Waals surface area contributed by atoms with Crippen LogP contribution in [0.3, 0.4) is 0 Å². The molecule has 0 amide bonds. The van der Waals surface area contributed by atoms with Crippen molar-refractivity contribution >= 4 is 17.3 Å². The minimum absolute atomic E-state index is 0.151. The molecule has 2 aliphatic carbocycles. The molecule has 6 nitrogen and oxygen atoms in total. The number of carbonyl (C=O) groups excluding carboxylic acids is 3. The topological polar surface area (TPSA) is 89.9 Å². The van der Waals surface area contributed by atoms with E-state index in [-0.39, 0.29) is 24.5 Å². The van der Waals surface area contributed by atoms with E-state index in [4.69, 9.17) is 9.62 Å². The molecule has 1 N–H and O–H groups in total. The Balaban J connectivity index is 2.06. The van der Waals surface area contributed by atoms with Crippen LogP contribution in [0.4, 0.5) is 0 Å². The van der Waals surface area contributed by atoms with Crippen LogP contribution in [-0.2, 0) is 19.2 Å². The molecule has 1 saturated carbocycles. The molecule has 3 aliphatic rings. The Morgan fingerprint density at radius 3 is 2.23 bits per heavy atom. The molecule has 1 aromatic rings. The third-order valence-corrected chi connectivity index (χ3v) is 9.39. The van der Waals surface area contributed by atoms with Crippen LogP contribution in [0.1, 0.15) is 91.4 Å². The van der Waals surface area contributed by atoms with Gasteiger partial charge in [-0.1, -0.05) is 67.5 Å². The summed E-state index contributed by atoms with van der Waals surface area (Å²) in [6, 6.07) is 8.70. The van der Waals surface area contributed by atoms with Crippen molar-refractivity contribution in [1.82, 2.24) is 0 Å². The van der Waals surface area contributed by atoms with Crippen molar-refractivity contribution in [2.75, 3.05) is 0 Å². The number of benzene rings is 1. The van der Waals surface area contributed by atoms with Gasteiger partial charge in [0, 0.05) is 17.6 Å². The van der Waals surface area contributed by atoms with Crippen LogP contribution in [-0.4, -0.2) is 34.3 Å². The number of ether oxygens (including phenoxy) is 1. The monoisotopic (exact) mass is 534 g/mol. The van der Waals surface area contributed by atoms with Gasteiger partial charge < -0.3 is 4.74 Å². The van der Waals surface area contributed by atoms with Gasteiger partial charge in [0.05, 0.1) is 5.41 Å². The van der Waals surface area contributed by atoms with E-state index in [1.165, 1.54) is 0 Å². The van der Waals surface area contributed by atoms with Crippen molar-refractivity contribution in [3.63, 3.8) is 0 Å². The van der Waals surface area contributed by atoms with Gasteiger partial charge in [-0.15, -0.1) is 0 Å². The number of rotatable bonds is 8. The summed E-state index contributed by atoms with van der Waals surface area (Å²) in [6.45, 7) is 15.2. The predicted octanol–water partition coefficient (Wildman–Crippen LogP) is 7.06. The zero-order chi connectivity index (χ0) is 29.0. The standard InChI is InChI=1S/C33H42O6/c1-20(2)14-16-23-18-32-19-25(31(7,8)39-37)38-28(32)24(17-15-21(3)4)27(35)33(29(32)36,30(23,5)6)26(34)22-12-10-9-11-13-22/h9-15,23,25,37H,16-19H2,1-8H3/t23-,25-,32-,33-/m1/s1. The molecule has 1 aromatic carbocycles. The van der Waals surface area contributed by atoms with E-state index in [0.717, 1.165) is 11.1 Å². The molecule has 1 heterocycles. The van der Waals surface area contributed by atoms with Crippen LogP contribution in [0.25, 0.3) is 0 Å². The highest BCUT2D eigenvalue weighted by Gasteiger charge is 2.77. The summed E-state index contributed by atoms with van der Waals surface area (Å²) in [4.78, 5) is 49.3. The number of ketones is 3. The van der Waals surface area contributed by atoms with Crippen molar-refractivity contribution in [3.05, 3.63) is 70.5 Å². The van der Waals surface area contributed by atoms with Crippen LogP contribution in [0, 0.1) is 22.2 Å². The van der Waals surface area contributed by atoms with E-state index in [2.05, 4.69) is 6.08 Å². The molecule has 4 rings (SSSR count). The van der Waals surface area contributed by atoms with E-state index in [1.807, 2.05) is 53.7 Å². The van der Waals surface area contributed by atoms with Gasteiger partial charge >= 0.3 is 0 Å². The van der Waals surface area contributed by atoms with Crippen molar-refractivity contribution in [3.8, 4) is 0 Å². The third-order valence-electron chi connectivity index (χ3n) is 9.39. The highest BCUT2D eigenvalue weighted by atomic mass is 17.1. The molecular formula is C33H42O6. The fourth-order valence-corrected chi connectivity index (χ4v) is 6.89. The van der Waals surface area contributed by atoms with Crippen LogP contribution in [0.15, 0.2) is 65.0 Å². The Labute approximate surface area is 232 Å². The molecule has 1 saturated heterocycles. The van der Waals surface area contributed by atoms with Crippen molar-refractivity contribution in [2.24, 2.45) is 22.2 Å².